The number of aliphatic hydroxyl groups is 1. The number of benzene rings is 1. The van der Waals surface area contributed by atoms with Crippen molar-refractivity contribution >= 4 is 5.71 Å². The number of oxime groups is 1. The molecule has 0 amide bonds. The second-order valence-electron chi connectivity index (χ2n) is 3.75. The highest BCUT2D eigenvalue weighted by Gasteiger charge is 2.21. The Bertz CT molecular complexity index is 401. The Kier molecular flexibility index (Phi) is 3.41. The Morgan fingerprint density at radius 2 is 2.19 bits per heavy atom. The highest BCUT2D eigenvalue weighted by molar-refractivity contribution is 6.04. The van der Waals surface area contributed by atoms with E-state index in [-0.39, 0.29) is 6.61 Å². The van der Waals surface area contributed by atoms with E-state index in [0.29, 0.717) is 13.0 Å². The predicted molar refractivity (Wildman–Crippen MR) is 60.3 cm³/mol. The molecule has 0 saturated carbocycles. The summed E-state index contributed by atoms with van der Waals surface area (Å²) in [5, 5.41) is 20.8. The number of ether oxygens (including phenoxy) is 1. The van der Waals surface area contributed by atoms with Gasteiger partial charge in [-0.05, 0) is 18.9 Å². The summed E-state index contributed by atoms with van der Waals surface area (Å²) in [4.78, 5) is 0. The molecular weight excluding hydrogens is 206 g/mol. The summed E-state index contributed by atoms with van der Waals surface area (Å²) in [5.74, 6) is 0.838. The van der Waals surface area contributed by atoms with E-state index >= 15 is 0 Å². The lowest BCUT2D eigenvalue weighted by molar-refractivity contribution is 0.232. The molecular formula is C12H15NO3. The Morgan fingerprint density at radius 1 is 1.31 bits per heavy atom. The minimum atomic E-state index is 0.137. The first kappa shape index (κ1) is 11.0. The van der Waals surface area contributed by atoms with Gasteiger partial charge in [0.2, 0.25) is 0 Å². The third-order valence-corrected chi connectivity index (χ3v) is 2.74. The summed E-state index contributed by atoms with van der Waals surface area (Å²) in [6.07, 6.45) is 2.24. The highest BCUT2D eigenvalue weighted by atomic mass is 16.5. The molecule has 0 radical (unpaired) electrons. The smallest absolute Gasteiger partial charge is 0.123 e. The maximum atomic E-state index is 8.83. The lowest BCUT2D eigenvalue weighted by Crippen LogP contribution is -2.02. The van der Waals surface area contributed by atoms with Gasteiger partial charge in [0.15, 0.2) is 0 Å². The van der Waals surface area contributed by atoms with Crippen LogP contribution in [0, 0.1) is 0 Å². The first-order chi connectivity index (χ1) is 7.86. The number of hydrogen-bond donors (Lipinski definition) is 2. The zero-order valence-corrected chi connectivity index (χ0v) is 9.02. The zero-order chi connectivity index (χ0) is 11.4. The second-order valence-corrected chi connectivity index (χ2v) is 3.75. The molecule has 16 heavy (non-hydrogen) atoms. The first-order valence-electron chi connectivity index (χ1n) is 5.43. The van der Waals surface area contributed by atoms with E-state index in [9.17, 15) is 0 Å². The van der Waals surface area contributed by atoms with Crippen molar-refractivity contribution in [1.29, 1.82) is 0 Å². The average molecular weight is 221 g/mol. The number of fused-ring (bicyclic) bond motifs is 1. The van der Waals surface area contributed by atoms with Crippen molar-refractivity contribution in [3.8, 4) is 5.75 Å². The summed E-state index contributed by atoms with van der Waals surface area (Å²) in [7, 11) is 0. The van der Waals surface area contributed by atoms with E-state index in [4.69, 9.17) is 15.1 Å². The van der Waals surface area contributed by atoms with Crippen LogP contribution in [0.5, 0.6) is 5.75 Å². The summed E-state index contributed by atoms with van der Waals surface area (Å²) < 4.78 is 5.59. The van der Waals surface area contributed by atoms with Gasteiger partial charge in [0.25, 0.3) is 0 Å². The molecule has 4 heteroatoms. The molecule has 0 fully saturated rings. The molecule has 2 N–H and O–H groups in total. The van der Waals surface area contributed by atoms with Crippen LogP contribution in [0.25, 0.3) is 0 Å². The van der Waals surface area contributed by atoms with Crippen molar-refractivity contribution in [2.45, 2.75) is 19.3 Å². The predicted octanol–water partition coefficient (Wildman–Crippen LogP) is 1.57. The van der Waals surface area contributed by atoms with Gasteiger partial charge in [0.1, 0.15) is 5.75 Å². The first-order valence-corrected chi connectivity index (χ1v) is 5.43. The fourth-order valence-corrected chi connectivity index (χ4v) is 1.96. The minimum Gasteiger partial charge on any atom is -0.493 e. The van der Waals surface area contributed by atoms with Crippen LogP contribution in [0.15, 0.2) is 23.4 Å². The number of rotatable bonds is 4. The monoisotopic (exact) mass is 221 g/mol. The molecule has 0 spiro atoms. The number of nitrogens with zero attached hydrogens (tertiary/aromatic N) is 1. The summed E-state index contributed by atoms with van der Waals surface area (Å²) >= 11 is 0. The van der Waals surface area contributed by atoms with Gasteiger partial charge in [-0.1, -0.05) is 17.3 Å². The van der Waals surface area contributed by atoms with Gasteiger partial charge in [-0.15, -0.1) is 0 Å². The minimum absolute atomic E-state index is 0.137. The summed E-state index contributed by atoms with van der Waals surface area (Å²) in [5.41, 5.74) is 2.81. The van der Waals surface area contributed by atoms with Crippen LogP contribution in [-0.2, 0) is 6.42 Å². The molecule has 1 aliphatic rings. The molecule has 86 valence electrons. The van der Waals surface area contributed by atoms with Gasteiger partial charge in [-0.25, -0.2) is 0 Å². The van der Waals surface area contributed by atoms with Crippen molar-refractivity contribution in [2.24, 2.45) is 5.16 Å². The van der Waals surface area contributed by atoms with Crippen LogP contribution in [0.3, 0.4) is 0 Å². The van der Waals surface area contributed by atoms with E-state index in [1.807, 2.05) is 18.2 Å². The topological polar surface area (TPSA) is 62.0 Å². The Labute approximate surface area is 94.2 Å². The third-order valence-electron chi connectivity index (χ3n) is 2.74. The van der Waals surface area contributed by atoms with E-state index < -0.39 is 0 Å². The summed E-state index contributed by atoms with van der Waals surface area (Å²) in [6.45, 7) is 0.650. The van der Waals surface area contributed by atoms with Gasteiger partial charge in [0, 0.05) is 24.2 Å². The molecule has 1 aliphatic carbocycles. The normalized spacial score (nSPS) is 16.4. The quantitative estimate of drug-likeness (QED) is 0.461. The molecule has 0 bridgehead atoms. The average Bonchev–Trinajstić information content (AvgIpc) is 2.73. The standard InChI is InChI=1S/C12H15NO3/c14-7-2-8-16-12-4-1-3-9-10(12)5-6-11(9)13-15/h1,3-4,14-15H,2,5-8H2. The molecule has 0 aromatic heterocycles. The number of hydrogen-bond acceptors (Lipinski definition) is 4. The van der Waals surface area contributed by atoms with Crippen LogP contribution < -0.4 is 4.74 Å². The van der Waals surface area contributed by atoms with Crippen molar-refractivity contribution in [3.05, 3.63) is 29.3 Å². The second kappa shape index (κ2) is 4.99. The van der Waals surface area contributed by atoms with E-state index in [0.717, 1.165) is 35.4 Å². The molecule has 0 unspecified atom stereocenters. The van der Waals surface area contributed by atoms with Gasteiger partial charge >= 0.3 is 0 Å². The maximum Gasteiger partial charge on any atom is 0.123 e. The third kappa shape index (κ3) is 2.02. The molecule has 1 aromatic carbocycles. The molecule has 0 atom stereocenters. The molecule has 0 heterocycles. The molecule has 2 rings (SSSR count). The van der Waals surface area contributed by atoms with Gasteiger partial charge in [-0.2, -0.15) is 0 Å². The summed E-state index contributed by atoms with van der Waals surface area (Å²) in [6, 6.07) is 5.75. The van der Waals surface area contributed by atoms with Crippen molar-refractivity contribution in [1.82, 2.24) is 0 Å². The maximum absolute atomic E-state index is 8.83. The van der Waals surface area contributed by atoms with Gasteiger partial charge < -0.3 is 15.1 Å². The fraction of sp³-hybridized carbons (Fsp3) is 0.417. The van der Waals surface area contributed by atoms with Crippen LogP contribution in [0.4, 0.5) is 0 Å². The van der Waals surface area contributed by atoms with Gasteiger partial charge in [0.05, 0.1) is 12.3 Å². The van der Waals surface area contributed by atoms with Crippen LogP contribution in [0.1, 0.15) is 24.0 Å². The van der Waals surface area contributed by atoms with E-state index in [1.54, 1.807) is 0 Å². The molecule has 1 aromatic rings. The fourth-order valence-electron chi connectivity index (χ4n) is 1.96. The highest BCUT2D eigenvalue weighted by Crippen LogP contribution is 2.30. The van der Waals surface area contributed by atoms with Crippen LogP contribution in [0.2, 0.25) is 0 Å². The van der Waals surface area contributed by atoms with E-state index in [1.165, 1.54) is 0 Å². The molecule has 0 saturated heterocycles. The lowest BCUT2D eigenvalue weighted by Gasteiger charge is -2.09. The molecule has 0 aliphatic heterocycles. The van der Waals surface area contributed by atoms with E-state index in [2.05, 4.69) is 5.16 Å². The number of aliphatic hydroxyl groups excluding tert-OH is 1. The van der Waals surface area contributed by atoms with Crippen molar-refractivity contribution in [2.75, 3.05) is 13.2 Å². The lowest BCUT2D eigenvalue weighted by atomic mass is 10.1. The Balaban J connectivity index is 2.19. The van der Waals surface area contributed by atoms with Crippen LogP contribution >= 0.6 is 0 Å². The Morgan fingerprint density at radius 3 is 2.94 bits per heavy atom. The van der Waals surface area contributed by atoms with Crippen molar-refractivity contribution < 1.29 is 15.1 Å². The molecule has 4 nitrogen and oxygen atoms in total. The largest absolute Gasteiger partial charge is 0.493 e. The SMILES string of the molecule is OCCCOc1cccc2c1CCC2=NO. The zero-order valence-electron chi connectivity index (χ0n) is 9.02. The van der Waals surface area contributed by atoms with Gasteiger partial charge in [-0.3, -0.25) is 0 Å². The van der Waals surface area contributed by atoms with Crippen LogP contribution in [-0.4, -0.2) is 29.2 Å². The van der Waals surface area contributed by atoms with Crippen molar-refractivity contribution in [3.63, 3.8) is 0 Å². The Hall–Kier alpha value is -1.55.